The van der Waals surface area contributed by atoms with Crippen molar-refractivity contribution in [1.29, 1.82) is 0 Å². The molecule has 0 radical (unpaired) electrons. The van der Waals surface area contributed by atoms with Crippen molar-refractivity contribution < 1.29 is 32.4 Å². The summed E-state index contributed by atoms with van der Waals surface area (Å²) in [6.45, 7) is 2.70. The normalized spacial score (nSPS) is 14.3. The van der Waals surface area contributed by atoms with Gasteiger partial charge >= 0.3 is 14.2 Å². The highest BCUT2D eigenvalue weighted by atomic mass is 35.7. The number of nitrogens with zero attached hydrogens (tertiary/aromatic N) is 8. The third kappa shape index (κ3) is 13.8. The van der Waals surface area contributed by atoms with Gasteiger partial charge in [-0.1, -0.05) is 66.7 Å². The quantitative estimate of drug-likeness (QED) is 0.0468. The van der Waals surface area contributed by atoms with Crippen molar-refractivity contribution in [2.75, 3.05) is 37.3 Å². The van der Waals surface area contributed by atoms with Crippen LogP contribution in [0.3, 0.4) is 0 Å². The van der Waals surface area contributed by atoms with Crippen LogP contribution in [0, 0.1) is 0 Å². The summed E-state index contributed by atoms with van der Waals surface area (Å²) in [7, 11) is -3.35. The Hall–Kier alpha value is -5.45. The van der Waals surface area contributed by atoms with Crippen LogP contribution in [0.4, 0.5) is 11.6 Å². The Morgan fingerprint density at radius 1 is 0.672 bits per heavy atom. The zero-order valence-electron chi connectivity index (χ0n) is 33.6. The summed E-state index contributed by atoms with van der Waals surface area (Å²) in [6.07, 6.45) is 5.80. The van der Waals surface area contributed by atoms with E-state index in [0.29, 0.717) is 84.7 Å². The molecule has 7 rings (SSSR count). The fourth-order valence-electron chi connectivity index (χ4n) is 5.77. The van der Waals surface area contributed by atoms with Crippen molar-refractivity contribution in [3.8, 4) is 11.5 Å². The van der Waals surface area contributed by atoms with Gasteiger partial charge in [0, 0.05) is 13.2 Å². The lowest BCUT2D eigenvalue weighted by Crippen LogP contribution is -2.24. The summed E-state index contributed by atoms with van der Waals surface area (Å²) < 4.78 is 58.0. The Bertz CT molecular complexity index is 2520. The minimum Gasteiger partial charge on any atom is -0.431 e. The van der Waals surface area contributed by atoms with Crippen LogP contribution in [0.5, 0.6) is 11.5 Å². The van der Waals surface area contributed by atoms with E-state index in [4.69, 9.17) is 46.0 Å². The molecule has 0 bridgehead atoms. The number of benzene rings is 3. The summed E-state index contributed by atoms with van der Waals surface area (Å²) >= 11 is 5.96. The highest BCUT2D eigenvalue weighted by Crippen LogP contribution is 2.52. The first-order valence-corrected chi connectivity index (χ1v) is 23.8. The molecule has 4 aromatic heterocycles. The zero-order valence-corrected chi connectivity index (χ0v) is 36.2. The van der Waals surface area contributed by atoms with E-state index >= 15 is 0 Å². The lowest BCUT2D eigenvalue weighted by molar-refractivity contribution is 0.0820. The summed E-state index contributed by atoms with van der Waals surface area (Å²) in [5.74, 6) is 1.59. The van der Waals surface area contributed by atoms with E-state index in [9.17, 15) is 9.13 Å². The predicted octanol–water partition coefficient (Wildman–Crippen LogP) is 7.52. The number of nitrogens with two attached hydrogens (primary N) is 2. The first-order chi connectivity index (χ1) is 29.5. The molecule has 4 atom stereocenters. The van der Waals surface area contributed by atoms with Gasteiger partial charge in [0.1, 0.15) is 47.9 Å². The lowest BCUT2D eigenvalue weighted by Gasteiger charge is -2.23. The van der Waals surface area contributed by atoms with E-state index in [1.54, 1.807) is 53.6 Å². The van der Waals surface area contributed by atoms with Gasteiger partial charge in [0.15, 0.2) is 22.9 Å². The Labute approximate surface area is 357 Å². The SMILES string of the molecule is C[C@H](Cn1cnc2c(N)ncnc21)OCP(=O)(Cl)Oc1ccccc1.C[C@H](Cn1cnc2c(N)ncnc21)OCP(=O)(NCCCOCc1ccccc1)Oc1ccccc1. The van der Waals surface area contributed by atoms with E-state index in [1.165, 1.54) is 12.7 Å². The van der Waals surface area contributed by atoms with Crippen molar-refractivity contribution in [1.82, 2.24) is 44.1 Å². The molecule has 7 aromatic rings. The van der Waals surface area contributed by atoms with E-state index in [-0.39, 0.29) is 24.9 Å². The molecule has 322 valence electrons. The van der Waals surface area contributed by atoms with Gasteiger partial charge in [-0.05, 0) is 61.3 Å². The van der Waals surface area contributed by atoms with Crippen LogP contribution in [-0.2, 0) is 43.0 Å². The maximum atomic E-state index is 13.6. The second-order valence-electron chi connectivity index (χ2n) is 13.7. The monoisotopic (exact) mass is 891 g/mol. The van der Waals surface area contributed by atoms with Crippen LogP contribution in [0.15, 0.2) is 116 Å². The summed E-state index contributed by atoms with van der Waals surface area (Å²) in [4.78, 5) is 24.7. The number of hydrogen-bond acceptors (Lipinski definition) is 15. The molecular formula is C40H48ClN11O7P2. The number of rotatable bonds is 21. The van der Waals surface area contributed by atoms with Gasteiger partial charge in [-0.2, -0.15) is 0 Å². The van der Waals surface area contributed by atoms with Crippen molar-refractivity contribution in [2.45, 2.75) is 52.2 Å². The number of nitrogen functional groups attached to an aromatic ring is 2. The summed E-state index contributed by atoms with van der Waals surface area (Å²) in [6, 6.07) is 27.8. The number of para-hydroxylation sites is 2. The number of aromatic nitrogens is 8. The average molecular weight is 892 g/mol. The van der Waals surface area contributed by atoms with Gasteiger partial charge in [0.05, 0.1) is 44.6 Å². The summed E-state index contributed by atoms with van der Waals surface area (Å²) in [5, 5.41) is 3.07. The average Bonchev–Trinajstić information content (AvgIpc) is 3.87. The lowest BCUT2D eigenvalue weighted by atomic mass is 10.2. The molecule has 4 heterocycles. The second kappa shape index (κ2) is 21.9. The molecule has 2 unspecified atom stereocenters. The van der Waals surface area contributed by atoms with Gasteiger partial charge in [0.25, 0.3) is 0 Å². The number of nitrogens with one attached hydrogen (secondary N) is 1. The van der Waals surface area contributed by atoms with E-state index < -0.39 is 14.2 Å². The third-order valence-corrected chi connectivity index (χ3v) is 11.9. The fraction of sp³-hybridized carbons (Fsp3) is 0.300. The largest absolute Gasteiger partial charge is 0.431 e. The number of imidazole rings is 2. The number of fused-ring (bicyclic) bond motifs is 2. The maximum Gasteiger partial charge on any atom is 0.361 e. The number of halogens is 1. The first-order valence-electron chi connectivity index (χ1n) is 19.3. The minimum absolute atomic E-state index is 0.0995. The van der Waals surface area contributed by atoms with E-state index in [0.717, 1.165) is 5.56 Å². The molecule has 0 saturated carbocycles. The molecule has 0 aliphatic rings. The van der Waals surface area contributed by atoms with Crippen LogP contribution < -0.4 is 25.6 Å². The van der Waals surface area contributed by atoms with Crippen molar-refractivity contribution in [3.05, 3.63) is 122 Å². The van der Waals surface area contributed by atoms with Crippen LogP contribution in [-0.4, -0.2) is 77.1 Å². The van der Waals surface area contributed by atoms with Crippen LogP contribution in [0.2, 0.25) is 0 Å². The molecule has 0 amide bonds. The Morgan fingerprint density at radius 3 is 1.70 bits per heavy atom. The number of anilines is 2. The van der Waals surface area contributed by atoms with Gasteiger partial charge in [0.2, 0.25) is 0 Å². The van der Waals surface area contributed by atoms with Gasteiger partial charge in [-0.15, -0.1) is 0 Å². The van der Waals surface area contributed by atoms with Crippen molar-refractivity contribution in [2.24, 2.45) is 0 Å². The Morgan fingerprint density at radius 2 is 1.16 bits per heavy atom. The highest BCUT2D eigenvalue weighted by Gasteiger charge is 2.27. The Kier molecular flexibility index (Phi) is 16.2. The van der Waals surface area contributed by atoms with Crippen LogP contribution >= 0.6 is 25.5 Å². The second-order valence-corrected chi connectivity index (χ2v) is 19.0. The Balaban J connectivity index is 0.000000218. The zero-order chi connectivity index (χ0) is 43.1. The number of hydrogen-bond donors (Lipinski definition) is 3. The third-order valence-electron chi connectivity index (χ3n) is 8.72. The molecule has 21 heteroatoms. The van der Waals surface area contributed by atoms with Crippen LogP contribution in [0.1, 0.15) is 25.8 Å². The standard InChI is InChI=1S/C25H31N6O4P.C15H17ClN5O3P/c1-20(15-31-18-29-23-24(26)27-17-28-25(23)31)34-19-36(32,35-22-11-6-3-7-12-22)30-13-8-14-33-16-21-9-4-2-5-10-21;1-11(7-21-9-20-13-14(17)18-8-19-15(13)21)23-10-25(16,22)24-12-5-3-2-4-6-12/h2-7,9-12,17-18,20H,8,13-16,19H2,1H3,(H,30,32)(H2,26,27,28);2-6,8-9,11H,7,10H2,1H3,(H2,17,18,19)/t20-,36?;11-,25?/m11/s1. The van der Waals surface area contributed by atoms with Gasteiger partial charge in [-0.3, -0.25) is 9.13 Å². The molecule has 61 heavy (non-hydrogen) atoms. The molecule has 3 aromatic carbocycles. The number of ether oxygens (including phenoxy) is 3. The molecule has 5 N–H and O–H groups in total. The molecule has 0 saturated heterocycles. The van der Waals surface area contributed by atoms with Gasteiger partial charge < -0.3 is 43.9 Å². The minimum atomic E-state index is -3.43. The molecule has 0 aliphatic carbocycles. The van der Waals surface area contributed by atoms with Crippen molar-refractivity contribution in [3.63, 3.8) is 0 Å². The molecular weight excluding hydrogens is 844 g/mol. The predicted molar refractivity (Wildman–Crippen MR) is 234 cm³/mol. The molecule has 0 fully saturated rings. The first kappa shape index (κ1) is 45.1. The smallest absolute Gasteiger partial charge is 0.361 e. The van der Waals surface area contributed by atoms with Crippen molar-refractivity contribution >= 4 is 59.4 Å². The van der Waals surface area contributed by atoms with E-state index in [2.05, 4.69) is 35.0 Å². The van der Waals surface area contributed by atoms with Crippen LogP contribution in [0.25, 0.3) is 22.3 Å². The maximum absolute atomic E-state index is 13.6. The molecule has 0 aliphatic heterocycles. The summed E-state index contributed by atoms with van der Waals surface area (Å²) in [5.41, 5.74) is 15.0. The molecule has 18 nitrogen and oxygen atoms in total. The fourth-order valence-corrected chi connectivity index (χ4v) is 8.72. The topological polar surface area (TPSA) is 232 Å². The molecule has 0 spiro atoms. The van der Waals surface area contributed by atoms with E-state index in [1.807, 2.05) is 73.0 Å². The van der Waals surface area contributed by atoms with Gasteiger partial charge in [-0.25, -0.2) is 35.0 Å². The highest BCUT2D eigenvalue weighted by molar-refractivity contribution is 7.85.